The van der Waals surface area contributed by atoms with Crippen molar-refractivity contribution >= 4 is 5.91 Å². The van der Waals surface area contributed by atoms with E-state index in [1.807, 2.05) is 50.2 Å². The third kappa shape index (κ3) is 3.99. The van der Waals surface area contributed by atoms with Gasteiger partial charge in [-0.25, -0.2) is 0 Å². The predicted octanol–water partition coefficient (Wildman–Crippen LogP) is 4.49. The van der Waals surface area contributed by atoms with Gasteiger partial charge in [-0.05, 0) is 56.2 Å². The van der Waals surface area contributed by atoms with Crippen LogP contribution < -0.4 is 5.32 Å². The molecule has 3 rings (SSSR count). The average molecular weight is 349 g/mol. The normalized spacial score (nSPS) is 12.2. The molecule has 0 aliphatic rings. The van der Waals surface area contributed by atoms with Crippen LogP contribution in [-0.4, -0.2) is 22.1 Å². The number of benzene rings is 2. The fourth-order valence-corrected chi connectivity index (χ4v) is 2.46. The lowest BCUT2D eigenvalue weighted by Crippen LogP contribution is -2.36. The molecule has 0 spiro atoms. The average Bonchev–Trinajstić information content (AvgIpc) is 3.12. The number of amides is 1. The topological polar surface area (TPSA) is 68.0 Å². The van der Waals surface area contributed by atoms with Crippen molar-refractivity contribution in [3.05, 3.63) is 59.7 Å². The summed E-state index contributed by atoms with van der Waals surface area (Å²) in [4.78, 5) is 12.3. The van der Waals surface area contributed by atoms with Crippen molar-refractivity contribution in [1.82, 2.24) is 15.5 Å². The highest BCUT2D eigenvalue weighted by molar-refractivity contribution is 5.94. The van der Waals surface area contributed by atoms with Crippen LogP contribution in [0.4, 0.5) is 0 Å². The minimum Gasteiger partial charge on any atom is -0.416 e. The van der Waals surface area contributed by atoms with E-state index < -0.39 is 0 Å². The molecule has 5 heteroatoms. The second kappa shape index (κ2) is 7.52. The number of rotatable bonds is 5. The van der Waals surface area contributed by atoms with Gasteiger partial charge in [0, 0.05) is 22.7 Å². The molecule has 1 atom stereocenters. The highest BCUT2D eigenvalue weighted by Crippen LogP contribution is 2.24. The molecule has 1 amide bonds. The van der Waals surface area contributed by atoms with Crippen LogP contribution in [0.5, 0.6) is 0 Å². The Hall–Kier alpha value is -2.95. The molecule has 0 saturated carbocycles. The van der Waals surface area contributed by atoms with E-state index in [4.69, 9.17) is 4.42 Å². The SMILES string of the molecule is Cc1cccc(-c2nnc(-c3ccc(C(=O)NC(C)C(C)C)cc3)o2)c1. The molecule has 1 heterocycles. The lowest BCUT2D eigenvalue weighted by atomic mass is 10.1. The molecule has 2 aromatic carbocycles. The van der Waals surface area contributed by atoms with E-state index in [2.05, 4.69) is 29.4 Å². The van der Waals surface area contributed by atoms with Gasteiger partial charge in [0.1, 0.15) is 0 Å². The molecular formula is C21H23N3O2. The van der Waals surface area contributed by atoms with E-state index in [1.165, 1.54) is 0 Å². The number of carbonyl (C=O) groups excluding carboxylic acids is 1. The lowest BCUT2D eigenvalue weighted by Gasteiger charge is -2.17. The van der Waals surface area contributed by atoms with E-state index in [-0.39, 0.29) is 11.9 Å². The van der Waals surface area contributed by atoms with Crippen molar-refractivity contribution in [2.24, 2.45) is 5.92 Å². The molecule has 0 aliphatic heterocycles. The Morgan fingerprint density at radius 2 is 1.62 bits per heavy atom. The second-order valence-corrected chi connectivity index (χ2v) is 6.87. The molecule has 0 fully saturated rings. The molecule has 1 N–H and O–H groups in total. The van der Waals surface area contributed by atoms with Gasteiger partial charge in [-0.3, -0.25) is 4.79 Å². The molecule has 5 nitrogen and oxygen atoms in total. The Bertz CT molecular complexity index is 898. The summed E-state index contributed by atoms with van der Waals surface area (Å²) in [5.74, 6) is 1.22. The molecular weight excluding hydrogens is 326 g/mol. The zero-order valence-corrected chi connectivity index (χ0v) is 15.5. The molecule has 0 saturated heterocycles. The lowest BCUT2D eigenvalue weighted by molar-refractivity contribution is 0.0930. The maximum absolute atomic E-state index is 12.3. The highest BCUT2D eigenvalue weighted by atomic mass is 16.4. The molecule has 134 valence electrons. The van der Waals surface area contributed by atoms with Crippen molar-refractivity contribution < 1.29 is 9.21 Å². The number of aryl methyl sites for hydroxylation is 1. The largest absolute Gasteiger partial charge is 0.416 e. The monoisotopic (exact) mass is 349 g/mol. The minimum absolute atomic E-state index is 0.0799. The molecule has 3 aromatic rings. The van der Waals surface area contributed by atoms with Crippen LogP contribution in [0.2, 0.25) is 0 Å². The van der Waals surface area contributed by atoms with E-state index in [0.717, 1.165) is 16.7 Å². The third-order valence-electron chi connectivity index (χ3n) is 4.44. The number of nitrogens with zero attached hydrogens (tertiary/aromatic N) is 2. The van der Waals surface area contributed by atoms with Gasteiger partial charge >= 0.3 is 0 Å². The molecule has 0 bridgehead atoms. The zero-order valence-electron chi connectivity index (χ0n) is 15.5. The summed E-state index contributed by atoms with van der Waals surface area (Å²) < 4.78 is 5.78. The van der Waals surface area contributed by atoms with Gasteiger partial charge in [0.05, 0.1) is 0 Å². The minimum atomic E-state index is -0.0799. The first-order valence-electron chi connectivity index (χ1n) is 8.76. The summed E-state index contributed by atoms with van der Waals surface area (Å²) in [6.07, 6.45) is 0. The number of aromatic nitrogens is 2. The number of nitrogens with one attached hydrogen (secondary N) is 1. The van der Waals surface area contributed by atoms with E-state index >= 15 is 0 Å². The van der Waals surface area contributed by atoms with Crippen molar-refractivity contribution in [2.75, 3.05) is 0 Å². The quantitative estimate of drug-likeness (QED) is 0.737. The van der Waals surface area contributed by atoms with Gasteiger partial charge in [0.25, 0.3) is 5.91 Å². The summed E-state index contributed by atoms with van der Waals surface area (Å²) in [6.45, 7) is 8.18. The van der Waals surface area contributed by atoms with Crippen molar-refractivity contribution in [3.63, 3.8) is 0 Å². The summed E-state index contributed by atoms with van der Waals surface area (Å²) in [5.41, 5.74) is 3.42. The van der Waals surface area contributed by atoms with Crippen LogP contribution >= 0.6 is 0 Å². The van der Waals surface area contributed by atoms with Gasteiger partial charge in [-0.15, -0.1) is 10.2 Å². The fraction of sp³-hybridized carbons (Fsp3) is 0.286. The Morgan fingerprint density at radius 3 is 2.23 bits per heavy atom. The zero-order chi connectivity index (χ0) is 18.7. The van der Waals surface area contributed by atoms with Gasteiger partial charge in [0.2, 0.25) is 11.8 Å². The van der Waals surface area contributed by atoms with Crippen LogP contribution in [0.1, 0.15) is 36.7 Å². The van der Waals surface area contributed by atoms with E-state index in [9.17, 15) is 4.79 Å². The molecule has 0 radical (unpaired) electrons. The summed E-state index contributed by atoms with van der Waals surface area (Å²) in [7, 11) is 0. The maximum Gasteiger partial charge on any atom is 0.251 e. The Balaban J connectivity index is 1.76. The fourth-order valence-electron chi connectivity index (χ4n) is 2.46. The third-order valence-corrected chi connectivity index (χ3v) is 4.44. The second-order valence-electron chi connectivity index (χ2n) is 6.87. The maximum atomic E-state index is 12.3. The number of hydrogen-bond donors (Lipinski definition) is 1. The van der Waals surface area contributed by atoms with Crippen molar-refractivity contribution in [2.45, 2.75) is 33.7 Å². The van der Waals surface area contributed by atoms with Crippen LogP contribution in [0.25, 0.3) is 22.9 Å². The Morgan fingerprint density at radius 1 is 0.962 bits per heavy atom. The van der Waals surface area contributed by atoms with Crippen LogP contribution in [0.15, 0.2) is 52.9 Å². The number of carbonyl (C=O) groups is 1. The van der Waals surface area contributed by atoms with Crippen LogP contribution in [0, 0.1) is 12.8 Å². The molecule has 26 heavy (non-hydrogen) atoms. The first-order valence-corrected chi connectivity index (χ1v) is 8.76. The van der Waals surface area contributed by atoms with Gasteiger partial charge in [0.15, 0.2) is 0 Å². The van der Waals surface area contributed by atoms with Crippen LogP contribution in [-0.2, 0) is 0 Å². The first kappa shape index (κ1) is 17.9. The standard InChI is InChI=1S/C21H23N3O2/c1-13(2)15(4)22-19(25)16-8-10-17(11-9-16)20-23-24-21(26-20)18-7-5-6-14(3)12-18/h5-13,15H,1-4H3,(H,22,25). The van der Waals surface area contributed by atoms with Crippen molar-refractivity contribution in [3.8, 4) is 22.9 Å². The summed E-state index contributed by atoms with van der Waals surface area (Å²) in [6, 6.07) is 15.2. The molecule has 0 aliphatic carbocycles. The van der Waals surface area contributed by atoms with Crippen molar-refractivity contribution in [1.29, 1.82) is 0 Å². The van der Waals surface area contributed by atoms with Gasteiger partial charge in [-0.1, -0.05) is 31.5 Å². The number of hydrogen-bond acceptors (Lipinski definition) is 4. The van der Waals surface area contributed by atoms with Gasteiger partial charge < -0.3 is 9.73 Å². The Kier molecular flexibility index (Phi) is 5.16. The van der Waals surface area contributed by atoms with Gasteiger partial charge in [-0.2, -0.15) is 0 Å². The van der Waals surface area contributed by atoms with E-state index in [0.29, 0.717) is 23.3 Å². The van der Waals surface area contributed by atoms with E-state index in [1.54, 1.807) is 12.1 Å². The highest BCUT2D eigenvalue weighted by Gasteiger charge is 2.14. The summed E-state index contributed by atoms with van der Waals surface area (Å²) in [5, 5.41) is 11.2. The molecule has 1 unspecified atom stereocenters. The molecule has 1 aromatic heterocycles. The predicted molar refractivity (Wildman–Crippen MR) is 102 cm³/mol. The smallest absolute Gasteiger partial charge is 0.251 e. The summed E-state index contributed by atoms with van der Waals surface area (Å²) >= 11 is 0. The first-order chi connectivity index (χ1) is 12.4. The Labute approximate surface area is 153 Å². The van der Waals surface area contributed by atoms with Crippen LogP contribution in [0.3, 0.4) is 0 Å².